The highest BCUT2D eigenvalue weighted by molar-refractivity contribution is 8.00. The number of rotatable bonds is 4. The number of hydrogen-bond acceptors (Lipinski definition) is 4. The molecule has 4 saturated carbocycles. The highest BCUT2D eigenvalue weighted by Gasteiger charge is 2.55. The van der Waals surface area contributed by atoms with Crippen LogP contribution in [0.5, 0.6) is 0 Å². The standard InChI is InChI=1S/C23H28N2O2S/c1-13-4-5-19-18(6-13)21(27)25(3)22(24-19)28-14(2)20(26)23-10-15-7-16(11-23)9-17(8-15)12-23/h4-6,14-17H,7-12H2,1-3H3. The number of nitrogens with zero attached hydrogens (tertiary/aromatic N) is 2. The van der Waals surface area contributed by atoms with Crippen molar-refractivity contribution in [1.29, 1.82) is 0 Å². The number of hydrogen-bond donors (Lipinski definition) is 0. The average molecular weight is 397 g/mol. The second-order valence-corrected chi connectivity index (χ2v) is 10.9. The Kier molecular flexibility index (Phi) is 4.24. The largest absolute Gasteiger partial charge is 0.298 e. The predicted octanol–water partition coefficient (Wildman–Crippen LogP) is 4.51. The summed E-state index contributed by atoms with van der Waals surface area (Å²) in [5.41, 5.74) is 1.63. The fourth-order valence-corrected chi connectivity index (χ4v) is 7.59. The van der Waals surface area contributed by atoms with Crippen LogP contribution in [0.4, 0.5) is 0 Å². The Morgan fingerprint density at radius 2 is 1.79 bits per heavy atom. The molecule has 0 saturated heterocycles. The molecule has 4 fully saturated rings. The van der Waals surface area contributed by atoms with Gasteiger partial charge in [-0.3, -0.25) is 14.2 Å². The van der Waals surface area contributed by atoms with E-state index in [1.54, 1.807) is 11.6 Å². The third-order valence-electron chi connectivity index (χ3n) is 7.40. The Morgan fingerprint density at radius 3 is 2.39 bits per heavy atom. The first-order valence-electron chi connectivity index (χ1n) is 10.5. The summed E-state index contributed by atoms with van der Waals surface area (Å²) >= 11 is 1.46. The summed E-state index contributed by atoms with van der Waals surface area (Å²) in [6.07, 6.45) is 7.29. The van der Waals surface area contributed by atoms with Crippen LogP contribution >= 0.6 is 11.8 Å². The maximum absolute atomic E-state index is 13.6. The topological polar surface area (TPSA) is 52.0 Å². The minimum Gasteiger partial charge on any atom is -0.298 e. The first-order chi connectivity index (χ1) is 13.3. The van der Waals surface area contributed by atoms with Crippen LogP contribution in [0.1, 0.15) is 51.0 Å². The van der Waals surface area contributed by atoms with Crippen molar-refractivity contribution < 1.29 is 4.79 Å². The van der Waals surface area contributed by atoms with E-state index < -0.39 is 0 Å². The number of carbonyl (C=O) groups excluding carboxylic acids is 1. The number of ketones is 1. The minimum absolute atomic E-state index is 0.0364. The molecule has 6 rings (SSSR count). The highest BCUT2D eigenvalue weighted by Crippen LogP contribution is 2.61. The molecular formula is C23H28N2O2S. The molecular weight excluding hydrogens is 368 g/mol. The van der Waals surface area contributed by atoms with Crippen molar-refractivity contribution in [2.45, 2.75) is 62.8 Å². The van der Waals surface area contributed by atoms with Crippen LogP contribution in [0.3, 0.4) is 0 Å². The average Bonchev–Trinajstić information content (AvgIpc) is 2.65. The normalized spacial score (nSPS) is 32.0. The van der Waals surface area contributed by atoms with Gasteiger partial charge in [-0.05, 0) is 82.3 Å². The van der Waals surface area contributed by atoms with Crippen molar-refractivity contribution >= 4 is 28.4 Å². The Bertz CT molecular complexity index is 990. The molecule has 4 aliphatic rings. The Hall–Kier alpha value is -1.62. The van der Waals surface area contributed by atoms with Crippen LogP contribution in [0.2, 0.25) is 0 Å². The summed E-state index contributed by atoms with van der Waals surface area (Å²) in [4.78, 5) is 31.1. The lowest BCUT2D eigenvalue weighted by Crippen LogP contribution is -2.51. The summed E-state index contributed by atoms with van der Waals surface area (Å²) in [6, 6.07) is 5.78. The molecule has 0 spiro atoms. The van der Waals surface area contributed by atoms with Gasteiger partial charge in [0.2, 0.25) is 0 Å². The summed E-state index contributed by atoms with van der Waals surface area (Å²) in [6.45, 7) is 3.99. The van der Waals surface area contributed by atoms with E-state index in [1.807, 2.05) is 32.0 Å². The van der Waals surface area contributed by atoms with Crippen molar-refractivity contribution in [3.8, 4) is 0 Å². The number of aromatic nitrogens is 2. The van der Waals surface area contributed by atoms with E-state index in [0.717, 1.165) is 42.6 Å². The van der Waals surface area contributed by atoms with Crippen molar-refractivity contribution in [2.75, 3.05) is 0 Å². The molecule has 2 aromatic rings. The Morgan fingerprint density at radius 1 is 1.18 bits per heavy atom. The maximum Gasteiger partial charge on any atom is 0.261 e. The molecule has 4 nitrogen and oxygen atoms in total. The van der Waals surface area contributed by atoms with Crippen molar-refractivity contribution in [3.63, 3.8) is 0 Å². The van der Waals surface area contributed by atoms with Crippen LogP contribution in [-0.2, 0) is 11.8 Å². The summed E-state index contributed by atoms with van der Waals surface area (Å²) in [5.74, 6) is 2.69. The maximum atomic E-state index is 13.6. The quantitative estimate of drug-likeness (QED) is 0.564. The molecule has 4 aliphatic carbocycles. The molecule has 1 heterocycles. The first kappa shape index (κ1) is 18.4. The van der Waals surface area contributed by atoms with E-state index in [9.17, 15) is 9.59 Å². The third kappa shape index (κ3) is 2.85. The van der Waals surface area contributed by atoms with E-state index in [4.69, 9.17) is 4.98 Å². The predicted molar refractivity (Wildman–Crippen MR) is 113 cm³/mol. The number of fused-ring (bicyclic) bond motifs is 1. The fourth-order valence-electron chi connectivity index (χ4n) is 6.52. The van der Waals surface area contributed by atoms with Gasteiger partial charge in [0.15, 0.2) is 10.9 Å². The van der Waals surface area contributed by atoms with Gasteiger partial charge in [0, 0.05) is 12.5 Å². The van der Waals surface area contributed by atoms with Crippen LogP contribution in [-0.4, -0.2) is 20.6 Å². The zero-order valence-electron chi connectivity index (χ0n) is 16.9. The fraction of sp³-hybridized carbons (Fsp3) is 0.609. The van der Waals surface area contributed by atoms with E-state index in [2.05, 4.69) is 0 Å². The lowest BCUT2D eigenvalue weighted by Gasteiger charge is -2.56. The van der Waals surface area contributed by atoms with Crippen LogP contribution < -0.4 is 5.56 Å². The van der Waals surface area contributed by atoms with Crippen molar-refractivity contribution in [1.82, 2.24) is 9.55 Å². The number of benzene rings is 1. The summed E-state index contributed by atoms with van der Waals surface area (Å²) in [5, 5.41) is 1.12. The van der Waals surface area contributed by atoms with Crippen molar-refractivity contribution in [2.24, 2.45) is 30.2 Å². The van der Waals surface area contributed by atoms with Crippen LogP contribution in [0.25, 0.3) is 10.9 Å². The number of carbonyl (C=O) groups is 1. The monoisotopic (exact) mass is 396 g/mol. The van der Waals surface area contributed by atoms with E-state index in [1.165, 1.54) is 31.0 Å². The minimum atomic E-state index is -0.169. The molecule has 0 N–H and O–H groups in total. The number of thioether (sulfide) groups is 1. The van der Waals surface area contributed by atoms with Crippen molar-refractivity contribution in [3.05, 3.63) is 34.1 Å². The second kappa shape index (κ2) is 6.45. The molecule has 4 bridgehead atoms. The molecule has 0 amide bonds. The van der Waals surface area contributed by atoms with Crippen LogP contribution in [0.15, 0.2) is 28.2 Å². The van der Waals surface area contributed by atoms with E-state index in [-0.39, 0.29) is 16.2 Å². The number of Topliss-reactive ketones (excluding diaryl/α,β-unsaturated/α-hetero) is 1. The lowest BCUT2D eigenvalue weighted by atomic mass is 9.48. The Balaban J connectivity index is 1.43. The lowest BCUT2D eigenvalue weighted by molar-refractivity contribution is -0.142. The molecule has 148 valence electrons. The molecule has 1 atom stereocenters. The van der Waals surface area contributed by atoms with Gasteiger partial charge in [-0.15, -0.1) is 0 Å². The molecule has 1 unspecified atom stereocenters. The van der Waals surface area contributed by atoms with Gasteiger partial charge >= 0.3 is 0 Å². The smallest absolute Gasteiger partial charge is 0.261 e. The summed E-state index contributed by atoms with van der Waals surface area (Å²) < 4.78 is 1.61. The SMILES string of the molecule is Cc1ccc2nc(SC(C)C(=O)C34CC5CC(CC(C5)C3)C4)n(C)c(=O)c2c1. The van der Waals surface area contributed by atoms with Gasteiger partial charge in [-0.25, -0.2) is 4.98 Å². The highest BCUT2D eigenvalue weighted by atomic mass is 32.2. The van der Waals surface area contributed by atoms with E-state index in [0.29, 0.717) is 21.8 Å². The van der Waals surface area contributed by atoms with E-state index >= 15 is 0 Å². The third-order valence-corrected chi connectivity index (χ3v) is 8.55. The molecule has 0 aliphatic heterocycles. The zero-order valence-corrected chi connectivity index (χ0v) is 17.7. The van der Waals surface area contributed by atoms with Gasteiger partial charge < -0.3 is 0 Å². The van der Waals surface area contributed by atoms with Gasteiger partial charge in [-0.1, -0.05) is 23.4 Å². The number of aryl methyl sites for hydroxylation is 1. The second-order valence-electron chi connectivity index (χ2n) is 9.60. The van der Waals surface area contributed by atoms with Crippen LogP contribution in [0, 0.1) is 30.1 Å². The molecule has 1 aromatic heterocycles. The van der Waals surface area contributed by atoms with Gasteiger partial charge in [0.05, 0.1) is 16.2 Å². The Labute approximate surface area is 170 Å². The van der Waals surface area contributed by atoms with Gasteiger partial charge in [0.25, 0.3) is 5.56 Å². The first-order valence-corrected chi connectivity index (χ1v) is 11.4. The zero-order chi connectivity index (χ0) is 19.6. The molecule has 0 radical (unpaired) electrons. The molecule has 28 heavy (non-hydrogen) atoms. The van der Waals surface area contributed by atoms with Gasteiger partial charge in [0.1, 0.15) is 0 Å². The van der Waals surface area contributed by atoms with Gasteiger partial charge in [-0.2, -0.15) is 0 Å². The molecule has 5 heteroatoms. The summed E-state index contributed by atoms with van der Waals surface area (Å²) in [7, 11) is 1.77. The molecule has 1 aromatic carbocycles.